The van der Waals surface area contributed by atoms with Gasteiger partial charge in [-0.1, -0.05) is 0 Å². The van der Waals surface area contributed by atoms with Crippen LogP contribution in [0.4, 0.5) is 13.2 Å². The van der Waals surface area contributed by atoms with Crippen LogP contribution in [0.25, 0.3) is 0 Å². The molecule has 15 heavy (non-hydrogen) atoms. The van der Waals surface area contributed by atoms with Gasteiger partial charge in [0.15, 0.2) is 0 Å². The van der Waals surface area contributed by atoms with Crippen LogP contribution in [-0.2, 0) is 24.0 Å². The Morgan fingerprint density at radius 2 is 2.07 bits per heavy atom. The summed E-state index contributed by atoms with van der Waals surface area (Å²) in [6.45, 7) is 0. The molecule has 86 valence electrons. The van der Waals surface area contributed by atoms with Crippen LogP contribution >= 0.6 is 7.60 Å². The van der Waals surface area contributed by atoms with Crippen molar-refractivity contribution in [3.63, 3.8) is 0 Å². The Labute approximate surface area is 82.7 Å². The molecule has 9 heteroatoms. The molecule has 0 fully saturated rings. The molecule has 1 aromatic rings. The van der Waals surface area contributed by atoms with Gasteiger partial charge in [-0.3, -0.25) is 9.25 Å². The lowest BCUT2D eigenvalue weighted by atomic mass is 10.3. The number of halogens is 3. The van der Waals surface area contributed by atoms with Crippen LogP contribution in [0.1, 0.15) is 11.4 Å². The lowest BCUT2D eigenvalue weighted by Gasteiger charge is -2.04. The number of nitrogens with zero attached hydrogens (tertiary/aromatic N) is 2. The summed E-state index contributed by atoms with van der Waals surface area (Å²) in [5.74, 6) is 0. The third kappa shape index (κ3) is 3.33. The molecule has 0 aliphatic rings. The second-order valence-corrected chi connectivity index (χ2v) is 4.61. The normalized spacial score (nSPS) is 13.2. The highest BCUT2D eigenvalue weighted by Gasteiger charge is 2.35. The van der Waals surface area contributed by atoms with Gasteiger partial charge in [0.1, 0.15) is 5.69 Å². The van der Waals surface area contributed by atoms with Crippen LogP contribution in [0.3, 0.4) is 0 Å². The van der Waals surface area contributed by atoms with E-state index in [9.17, 15) is 17.7 Å². The van der Waals surface area contributed by atoms with Gasteiger partial charge in [0, 0.05) is 7.05 Å². The molecule has 5 nitrogen and oxygen atoms in total. The van der Waals surface area contributed by atoms with Crippen LogP contribution in [0.15, 0.2) is 6.07 Å². The highest BCUT2D eigenvalue weighted by Crippen LogP contribution is 2.39. The van der Waals surface area contributed by atoms with E-state index in [0.29, 0.717) is 10.7 Å². The highest BCUT2D eigenvalue weighted by atomic mass is 31.2. The summed E-state index contributed by atoms with van der Waals surface area (Å²) >= 11 is 0. The van der Waals surface area contributed by atoms with Gasteiger partial charge >= 0.3 is 13.8 Å². The molecule has 0 radical (unpaired) electrons. The zero-order valence-corrected chi connectivity index (χ0v) is 8.46. The lowest BCUT2D eigenvalue weighted by molar-refractivity contribution is -0.143. The molecule has 0 spiro atoms. The van der Waals surface area contributed by atoms with Gasteiger partial charge in [-0.2, -0.15) is 18.3 Å². The average molecular weight is 244 g/mol. The minimum Gasteiger partial charge on any atom is -0.324 e. The van der Waals surface area contributed by atoms with Crippen molar-refractivity contribution in [3.8, 4) is 0 Å². The first-order valence-corrected chi connectivity index (χ1v) is 5.54. The second kappa shape index (κ2) is 3.62. The quantitative estimate of drug-likeness (QED) is 0.764. The van der Waals surface area contributed by atoms with Gasteiger partial charge in [-0.15, -0.1) is 0 Å². The van der Waals surface area contributed by atoms with Crippen molar-refractivity contribution in [2.45, 2.75) is 12.3 Å². The van der Waals surface area contributed by atoms with Gasteiger partial charge in [-0.05, 0) is 6.07 Å². The number of aromatic nitrogens is 2. The maximum Gasteiger partial charge on any atom is 0.433 e. The van der Waals surface area contributed by atoms with E-state index >= 15 is 0 Å². The molecule has 1 heterocycles. The molecule has 0 aromatic carbocycles. The zero-order chi connectivity index (χ0) is 11.9. The summed E-state index contributed by atoms with van der Waals surface area (Å²) < 4.78 is 47.8. The van der Waals surface area contributed by atoms with Crippen molar-refractivity contribution in [2.75, 3.05) is 0 Å². The maximum atomic E-state index is 12.2. The summed E-state index contributed by atoms with van der Waals surface area (Å²) in [5, 5.41) is 3.37. The Kier molecular flexibility index (Phi) is 2.95. The van der Waals surface area contributed by atoms with Crippen molar-refractivity contribution < 1.29 is 27.5 Å². The number of rotatable bonds is 2. The van der Waals surface area contributed by atoms with E-state index in [-0.39, 0.29) is 5.69 Å². The highest BCUT2D eigenvalue weighted by molar-refractivity contribution is 7.50. The molecule has 0 bridgehead atoms. The molecule has 0 unspecified atom stereocenters. The van der Waals surface area contributed by atoms with Crippen LogP contribution in [0.2, 0.25) is 0 Å². The molecule has 0 amide bonds. The molecule has 1 aromatic heterocycles. The SMILES string of the molecule is Cn1nc(CP(=O)(O)O)cc1C(F)(F)F. The average Bonchev–Trinajstić information content (AvgIpc) is 2.25. The van der Waals surface area contributed by atoms with Crippen LogP contribution in [0.5, 0.6) is 0 Å². The van der Waals surface area contributed by atoms with E-state index in [2.05, 4.69) is 5.10 Å². The first-order valence-electron chi connectivity index (χ1n) is 3.74. The van der Waals surface area contributed by atoms with E-state index < -0.39 is 25.6 Å². The first kappa shape index (κ1) is 12.2. The third-order valence-corrected chi connectivity index (χ3v) is 2.32. The predicted molar refractivity (Wildman–Crippen MR) is 44.0 cm³/mol. The first-order chi connectivity index (χ1) is 6.59. The minimum atomic E-state index is -4.57. The Hall–Kier alpha value is -0.850. The van der Waals surface area contributed by atoms with E-state index in [4.69, 9.17) is 9.79 Å². The Bertz CT molecular complexity index is 408. The van der Waals surface area contributed by atoms with Gasteiger partial charge in [0.2, 0.25) is 0 Å². The van der Waals surface area contributed by atoms with Crippen molar-refractivity contribution in [1.82, 2.24) is 9.78 Å². The topological polar surface area (TPSA) is 75.4 Å². The van der Waals surface area contributed by atoms with Gasteiger partial charge in [0.05, 0.1) is 11.9 Å². The fraction of sp³-hybridized carbons (Fsp3) is 0.500. The maximum absolute atomic E-state index is 12.2. The minimum absolute atomic E-state index is 0.279. The van der Waals surface area contributed by atoms with Crippen molar-refractivity contribution in [2.24, 2.45) is 7.05 Å². The van der Waals surface area contributed by atoms with Crippen LogP contribution in [0, 0.1) is 0 Å². The largest absolute Gasteiger partial charge is 0.433 e. The summed E-state index contributed by atoms with van der Waals surface area (Å²) in [5.41, 5.74) is -1.32. The van der Waals surface area contributed by atoms with Gasteiger partial charge < -0.3 is 9.79 Å². The van der Waals surface area contributed by atoms with Gasteiger partial charge in [0.25, 0.3) is 0 Å². The smallest absolute Gasteiger partial charge is 0.324 e. The third-order valence-electron chi connectivity index (χ3n) is 1.59. The second-order valence-electron chi connectivity index (χ2n) is 2.97. The summed E-state index contributed by atoms with van der Waals surface area (Å²) in [6.07, 6.45) is -5.37. The Morgan fingerprint density at radius 3 is 2.40 bits per heavy atom. The molecule has 0 aliphatic heterocycles. The number of hydrogen-bond acceptors (Lipinski definition) is 2. The molecule has 0 atom stereocenters. The summed E-state index contributed by atoms with van der Waals surface area (Å²) in [4.78, 5) is 17.1. The number of hydrogen-bond donors (Lipinski definition) is 2. The Morgan fingerprint density at radius 1 is 1.53 bits per heavy atom. The molecule has 2 N–H and O–H groups in total. The van der Waals surface area contributed by atoms with Crippen molar-refractivity contribution in [3.05, 3.63) is 17.5 Å². The summed E-state index contributed by atoms with van der Waals surface area (Å²) in [6, 6.07) is 0.624. The van der Waals surface area contributed by atoms with E-state index in [1.54, 1.807) is 0 Å². The molecular weight excluding hydrogens is 236 g/mol. The molecule has 0 saturated carbocycles. The fourth-order valence-electron chi connectivity index (χ4n) is 1.08. The lowest BCUT2D eigenvalue weighted by Crippen LogP contribution is -2.11. The number of alkyl halides is 3. The van der Waals surface area contributed by atoms with E-state index in [0.717, 1.165) is 7.05 Å². The number of aryl methyl sites for hydroxylation is 1. The monoisotopic (exact) mass is 244 g/mol. The Balaban J connectivity index is 3.02. The van der Waals surface area contributed by atoms with E-state index in [1.807, 2.05) is 0 Å². The fourth-order valence-corrected chi connectivity index (χ4v) is 1.66. The van der Waals surface area contributed by atoms with Gasteiger partial charge in [-0.25, -0.2) is 0 Å². The molecule has 1 rings (SSSR count). The zero-order valence-electron chi connectivity index (χ0n) is 7.56. The summed E-state index contributed by atoms with van der Waals surface area (Å²) in [7, 11) is -3.33. The predicted octanol–water partition coefficient (Wildman–Crippen LogP) is 1.12. The molecule has 0 saturated heterocycles. The van der Waals surface area contributed by atoms with Crippen molar-refractivity contribution >= 4 is 7.60 Å². The van der Waals surface area contributed by atoms with Crippen LogP contribution in [-0.4, -0.2) is 19.6 Å². The molecular formula is C6H8F3N2O3P. The standard InChI is InChI=1S/C6H8F3N2O3P/c1-11-5(6(7,8)9)2-4(10-11)3-15(12,13)14/h2H,3H2,1H3,(H2,12,13,14). The molecule has 0 aliphatic carbocycles. The van der Waals surface area contributed by atoms with E-state index in [1.165, 1.54) is 0 Å². The van der Waals surface area contributed by atoms with Crippen LogP contribution < -0.4 is 0 Å². The van der Waals surface area contributed by atoms with Crippen molar-refractivity contribution in [1.29, 1.82) is 0 Å².